The standard InChI is InChI=1S/C16H14N4O/c1-11-6-8-12(9-7-11)10-17-20-16-18-14-5-3-2-4-13(14)15(21)19-16/h2-10H,1H3,(H2,18,19,20,21)/b17-10+. The van der Waals surface area contributed by atoms with Crippen molar-refractivity contribution >= 4 is 23.1 Å². The molecule has 0 bridgehead atoms. The third kappa shape index (κ3) is 2.97. The molecule has 2 N–H and O–H groups in total. The van der Waals surface area contributed by atoms with Gasteiger partial charge in [-0.25, -0.2) is 10.4 Å². The smallest absolute Gasteiger partial charge is 0.260 e. The number of aromatic nitrogens is 2. The van der Waals surface area contributed by atoms with Crippen molar-refractivity contribution in [2.24, 2.45) is 5.10 Å². The fourth-order valence-corrected chi connectivity index (χ4v) is 1.96. The van der Waals surface area contributed by atoms with Gasteiger partial charge >= 0.3 is 0 Å². The van der Waals surface area contributed by atoms with Gasteiger partial charge in [0.05, 0.1) is 17.1 Å². The minimum absolute atomic E-state index is 0.186. The molecule has 0 atom stereocenters. The summed E-state index contributed by atoms with van der Waals surface area (Å²) >= 11 is 0. The first kappa shape index (κ1) is 13.1. The van der Waals surface area contributed by atoms with E-state index >= 15 is 0 Å². The van der Waals surface area contributed by atoms with Crippen molar-refractivity contribution in [2.75, 3.05) is 5.43 Å². The van der Waals surface area contributed by atoms with Crippen LogP contribution in [0.25, 0.3) is 10.9 Å². The Kier molecular flexibility index (Phi) is 3.47. The highest BCUT2D eigenvalue weighted by Gasteiger charge is 2.01. The highest BCUT2D eigenvalue weighted by atomic mass is 16.1. The molecule has 1 aromatic heterocycles. The fourth-order valence-electron chi connectivity index (χ4n) is 1.96. The lowest BCUT2D eigenvalue weighted by atomic mass is 10.2. The summed E-state index contributed by atoms with van der Waals surface area (Å²) < 4.78 is 0. The summed E-state index contributed by atoms with van der Waals surface area (Å²) in [4.78, 5) is 18.8. The van der Waals surface area contributed by atoms with Gasteiger partial charge in [-0.2, -0.15) is 5.10 Å². The largest absolute Gasteiger partial charge is 0.291 e. The molecule has 1 heterocycles. The number of rotatable bonds is 3. The first-order valence-corrected chi connectivity index (χ1v) is 6.57. The molecule has 0 amide bonds. The van der Waals surface area contributed by atoms with Gasteiger partial charge in [0.1, 0.15) is 0 Å². The van der Waals surface area contributed by atoms with E-state index in [2.05, 4.69) is 20.5 Å². The highest BCUT2D eigenvalue weighted by Crippen LogP contribution is 2.07. The third-order valence-electron chi connectivity index (χ3n) is 3.07. The number of hydrogen-bond donors (Lipinski definition) is 2. The number of fused-ring (bicyclic) bond motifs is 1. The maximum atomic E-state index is 11.9. The quantitative estimate of drug-likeness (QED) is 0.571. The second kappa shape index (κ2) is 5.58. The second-order valence-electron chi connectivity index (χ2n) is 4.71. The molecule has 0 aliphatic heterocycles. The Bertz CT molecular complexity index is 850. The SMILES string of the molecule is Cc1ccc(/C=N/Nc2nc3ccccc3c(=O)[nH]2)cc1. The molecule has 104 valence electrons. The Morgan fingerprint density at radius 1 is 1.14 bits per heavy atom. The lowest BCUT2D eigenvalue weighted by Gasteiger charge is -2.01. The van der Waals surface area contributed by atoms with E-state index in [1.165, 1.54) is 5.56 Å². The highest BCUT2D eigenvalue weighted by molar-refractivity contribution is 5.80. The number of nitrogens with one attached hydrogen (secondary N) is 2. The molecule has 5 nitrogen and oxygen atoms in total. The van der Waals surface area contributed by atoms with Crippen molar-refractivity contribution in [2.45, 2.75) is 6.92 Å². The molecule has 5 heteroatoms. The summed E-state index contributed by atoms with van der Waals surface area (Å²) in [5.41, 5.74) is 5.35. The maximum Gasteiger partial charge on any atom is 0.260 e. The zero-order chi connectivity index (χ0) is 14.7. The number of aryl methyl sites for hydroxylation is 1. The maximum absolute atomic E-state index is 11.9. The Morgan fingerprint density at radius 3 is 2.71 bits per heavy atom. The average molecular weight is 278 g/mol. The van der Waals surface area contributed by atoms with Crippen molar-refractivity contribution < 1.29 is 0 Å². The molecule has 0 radical (unpaired) electrons. The van der Waals surface area contributed by atoms with Crippen molar-refractivity contribution in [1.82, 2.24) is 9.97 Å². The number of aromatic amines is 1. The molecule has 0 unspecified atom stereocenters. The van der Waals surface area contributed by atoms with E-state index in [0.29, 0.717) is 16.9 Å². The average Bonchev–Trinajstić information content (AvgIpc) is 2.49. The van der Waals surface area contributed by atoms with Gasteiger partial charge in [0.25, 0.3) is 5.56 Å². The van der Waals surface area contributed by atoms with E-state index < -0.39 is 0 Å². The summed E-state index contributed by atoms with van der Waals surface area (Å²) in [6.45, 7) is 2.03. The molecule has 0 saturated heterocycles. The summed E-state index contributed by atoms with van der Waals surface area (Å²) in [7, 11) is 0. The molecular weight excluding hydrogens is 264 g/mol. The van der Waals surface area contributed by atoms with Crippen LogP contribution in [0.15, 0.2) is 58.4 Å². The number of hydrogen-bond acceptors (Lipinski definition) is 4. The molecule has 0 aliphatic rings. The van der Waals surface area contributed by atoms with E-state index in [4.69, 9.17) is 0 Å². The van der Waals surface area contributed by atoms with Crippen molar-refractivity contribution in [3.05, 3.63) is 70.0 Å². The van der Waals surface area contributed by atoms with Crippen LogP contribution in [0.3, 0.4) is 0 Å². The predicted octanol–water partition coefficient (Wildman–Crippen LogP) is 2.68. The number of benzene rings is 2. The number of H-pyrrole nitrogens is 1. The molecule has 2 aromatic carbocycles. The van der Waals surface area contributed by atoms with Gasteiger partial charge in [0.15, 0.2) is 0 Å². The second-order valence-corrected chi connectivity index (χ2v) is 4.71. The van der Waals surface area contributed by atoms with Crippen LogP contribution in [0.2, 0.25) is 0 Å². The van der Waals surface area contributed by atoms with E-state index in [9.17, 15) is 4.79 Å². The van der Waals surface area contributed by atoms with Gasteiger partial charge < -0.3 is 0 Å². The van der Waals surface area contributed by atoms with Gasteiger partial charge in [-0.3, -0.25) is 9.78 Å². The Balaban J connectivity index is 1.82. The van der Waals surface area contributed by atoms with E-state index in [1.807, 2.05) is 43.3 Å². The van der Waals surface area contributed by atoms with Crippen LogP contribution in [0.1, 0.15) is 11.1 Å². The predicted molar refractivity (Wildman–Crippen MR) is 84.8 cm³/mol. The molecule has 3 rings (SSSR count). The summed E-state index contributed by atoms with van der Waals surface area (Å²) in [6, 6.07) is 15.1. The monoisotopic (exact) mass is 278 g/mol. The van der Waals surface area contributed by atoms with Crippen LogP contribution < -0.4 is 11.0 Å². The lowest BCUT2D eigenvalue weighted by molar-refractivity contribution is 1.12. The molecule has 0 spiro atoms. The Hall–Kier alpha value is -2.95. The zero-order valence-electron chi connectivity index (χ0n) is 11.5. The zero-order valence-corrected chi connectivity index (χ0v) is 11.5. The van der Waals surface area contributed by atoms with Crippen LogP contribution in [0.4, 0.5) is 5.95 Å². The molecule has 0 aliphatic carbocycles. The van der Waals surface area contributed by atoms with Crippen LogP contribution in [-0.2, 0) is 0 Å². The van der Waals surface area contributed by atoms with Crippen LogP contribution in [0.5, 0.6) is 0 Å². The topological polar surface area (TPSA) is 70.1 Å². The summed E-state index contributed by atoms with van der Waals surface area (Å²) in [5.74, 6) is 0.321. The summed E-state index contributed by atoms with van der Waals surface area (Å²) in [5, 5.41) is 4.64. The molecular formula is C16H14N4O. The van der Waals surface area contributed by atoms with Crippen LogP contribution >= 0.6 is 0 Å². The van der Waals surface area contributed by atoms with Gasteiger partial charge in [-0.1, -0.05) is 42.0 Å². The van der Waals surface area contributed by atoms with Crippen LogP contribution in [-0.4, -0.2) is 16.2 Å². The number of nitrogens with zero attached hydrogens (tertiary/aromatic N) is 2. The van der Waals surface area contributed by atoms with Crippen molar-refractivity contribution in [3.63, 3.8) is 0 Å². The van der Waals surface area contributed by atoms with E-state index in [1.54, 1.807) is 18.3 Å². The normalized spacial score (nSPS) is 11.1. The minimum Gasteiger partial charge on any atom is -0.291 e. The lowest BCUT2D eigenvalue weighted by Crippen LogP contribution is -2.10. The number of anilines is 1. The van der Waals surface area contributed by atoms with Gasteiger partial charge in [0, 0.05) is 0 Å². The van der Waals surface area contributed by atoms with Crippen molar-refractivity contribution in [3.8, 4) is 0 Å². The Labute approximate surface area is 121 Å². The van der Waals surface area contributed by atoms with Gasteiger partial charge in [-0.15, -0.1) is 0 Å². The van der Waals surface area contributed by atoms with Gasteiger partial charge in [-0.05, 0) is 24.6 Å². The van der Waals surface area contributed by atoms with Gasteiger partial charge in [0.2, 0.25) is 5.95 Å². The first-order chi connectivity index (χ1) is 10.2. The summed E-state index contributed by atoms with van der Waals surface area (Å²) in [6.07, 6.45) is 1.68. The van der Waals surface area contributed by atoms with Crippen LogP contribution in [0, 0.1) is 6.92 Å². The molecule has 3 aromatic rings. The number of para-hydroxylation sites is 1. The fraction of sp³-hybridized carbons (Fsp3) is 0.0625. The first-order valence-electron chi connectivity index (χ1n) is 6.57. The van der Waals surface area contributed by atoms with E-state index in [-0.39, 0.29) is 5.56 Å². The number of hydrazone groups is 1. The molecule has 0 fully saturated rings. The van der Waals surface area contributed by atoms with E-state index in [0.717, 1.165) is 5.56 Å². The molecule has 21 heavy (non-hydrogen) atoms. The van der Waals surface area contributed by atoms with Crippen molar-refractivity contribution in [1.29, 1.82) is 0 Å². The minimum atomic E-state index is -0.186. The molecule has 0 saturated carbocycles. The Morgan fingerprint density at radius 2 is 1.90 bits per heavy atom. The third-order valence-corrected chi connectivity index (χ3v) is 3.07.